The minimum absolute atomic E-state index is 0.118. The SMILES string of the molecule is CCCCn1ncc(NCc2ccnc(C)n2)c(Br)c1=O. The molecule has 0 saturated carbocycles. The molecule has 0 bridgehead atoms. The molecule has 0 amide bonds. The number of anilines is 1. The summed E-state index contributed by atoms with van der Waals surface area (Å²) in [6.07, 6.45) is 5.34. The third-order valence-electron chi connectivity index (χ3n) is 3.00. The number of hydrogen-bond acceptors (Lipinski definition) is 5. The van der Waals surface area contributed by atoms with Crippen LogP contribution in [0.25, 0.3) is 0 Å². The molecule has 2 aromatic heterocycles. The van der Waals surface area contributed by atoms with Crippen LogP contribution in [0.5, 0.6) is 0 Å². The van der Waals surface area contributed by atoms with Gasteiger partial charge in [0.15, 0.2) is 0 Å². The predicted octanol–water partition coefficient (Wildman–Crippen LogP) is 2.52. The lowest BCUT2D eigenvalue weighted by molar-refractivity contribution is 0.541. The molecule has 2 rings (SSSR count). The Kier molecular flexibility index (Phi) is 5.44. The van der Waals surface area contributed by atoms with Gasteiger partial charge in [0.25, 0.3) is 5.56 Å². The van der Waals surface area contributed by atoms with Crippen LogP contribution >= 0.6 is 15.9 Å². The predicted molar refractivity (Wildman–Crippen MR) is 85.2 cm³/mol. The Bertz CT molecular complexity index is 671. The van der Waals surface area contributed by atoms with Crippen molar-refractivity contribution in [3.8, 4) is 0 Å². The van der Waals surface area contributed by atoms with Gasteiger partial charge in [0.2, 0.25) is 0 Å². The third-order valence-corrected chi connectivity index (χ3v) is 3.77. The average molecular weight is 352 g/mol. The minimum atomic E-state index is -0.118. The maximum atomic E-state index is 12.1. The first-order valence-electron chi connectivity index (χ1n) is 6.90. The van der Waals surface area contributed by atoms with E-state index in [9.17, 15) is 4.79 Å². The molecule has 21 heavy (non-hydrogen) atoms. The summed E-state index contributed by atoms with van der Waals surface area (Å²) < 4.78 is 1.98. The zero-order chi connectivity index (χ0) is 15.2. The van der Waals surface area contributed by atoms with Crippen molar-refractivity contribution in [1.29, 1.82) is 0 Å². The number of rotatable bonds is 6. The number of aryl methyl sites for hydroxylation is 2. The lowest BCUT2D eigenvalue weighted by atomic mass is 10.3. The Balaban J connectivity index is 2.10. The fourth-order valence-electron chi connectivity index (χ4n) is 1.84. The van der Waals surface area contributed by atoms with Gasteiger partial charge in [-0.05, 0) is 35.3 Å². The van der Waals surface area contributed by atoms with E-state index in [1.807, 2.05) is 13.0 Å². The second-order valence-corrected chi connectivity index (χ2v) is 5.50. The van der Waals surface area contributed by atoms with Gasteiger partial charge in [-0.1, -0.05) is 13.3 Å². The van der Waals surface area contributed by atoms with Gasteiger partial charge in [0, 0.05) is 12.7 Å². The lowest BCUT2D eigenvalue weighted by Crippen LogP contribution is -2.24. The summed E-state index contributed by atoms with van der Waals surface area (Å²) in [6, 6.07) is 1.84. The second-order valence-electron chi connectivity index (χ2n) is 4.70. The maximum absolute atomic E-state index is 12.1. The van der Waals surface area contributed by atoms with Crippen molar-refractivity contribution in [2.75, 3.05) is 5.32 Å². The molecule has 0 radical (unpaired) electrons. The molecule has 0 saturated heterocycles. The maximum Gasteiger partial charge on any atom is 0.283 e. The van der Waals surface area contributed by atoms with Crippen LogP contribution in [-0.4, -0.2) is 19.7 Å². The number of nitrogens with zero attached hydrogens (tertiary/aromatic N) is 4. The zero-order valence-electron chi connectivity index (χ0n) is 12.1. The van der Waals surface area contributed by atoms with E-state index in [0.717, 1.165) is 24.4 Å². The van der Waals surface area contributed by atoms with Gasteiger partial charge >= 0.3 is 0 Å². The van der Waals surface area contributed by atoms with E-state index in [2.05, 4.69) is 43.2 Å². The number of nitrogens with one attached hydrogen (secondary N) is 1. The van der Waals surface area contributed by atoms with E-state index >= 15 is 0 Å². The standard InChI is InChI=1S/C14H18BrN5O/c1-3-4-7-20-14(21)13(15)12(9-18-20)17-8-11-5-6-16-10(2)19-11/h5-6,9,17H,3-4,7-8H2,1-2H3. The summed E-state index contributed by atoms with van der Waals surface area (Å²) in [5, 5.41) is 7.35. The van der Waals surface area contributed by atoms with E-state index in [1.165, 1.54) is 4.68 Å². The monoisotopic (exact) mass is 351 g/mol. The molecule has 0 atom stereocenters. The van der Waals surface area contributed by atoms with Gasteiger partial charge in [-0.25, -0.2) is 14.6 Å². The van der Waals surface area contributed by atoms with Crippen LogP contribution < -0.4 is 10.9 Å². The molecular weight excluding hydrogens is 334 g/mol. The van der Waals surface area contributed by atoms with Gasteiger partial charge in [0.05, 0.1) is 24.1 Å². The van der Waals surface area contributed by atoms with Crippen LogP contribution in [0.15, 0.2) is 27.7 Å². The minimum Gasteiger partial charge on any atom is -0.377 e. The highest BCUT2D eigenvalue weighted by molar-refractivity contribution is 9.10. The van der Waals surface area contributed by atoms with Crippen molar-refractivity contribution in [1.82, 2.24) is 19.7 Å². The highest BCUT2D eigenvalue weighted by Gasteiger charge is 2.08. The number of halogens is 1. The molecule has 2 aromatic rings. The lowest BCUT2D eigenvalue weighted by Gasteiger charge is -2.10. The molecule has 1 N–H and O–H groups in total. The number of hydrogen-bond donors (Lipinski definition) is 1. The molecule has 112 valence electrons. The Morgan fingerprint density at radius 1 is 1.43 bits per heavy atom. The summed E-state index contributed by atoms with van der Waals surface area (Å²) in [6.45, 7) is 5.08. The van der Waals surface area contributed by atoms with Gasteiger partial charge in [0.1, 0.15) is 10.3 Å². The molecule has 0 aromatic carbocycles. The summed E-state index contributed by atoms with van der Waals surface area (Å²) in [5.74, 6) is 0.724. The number of unbranched alkanes of at least 4 members (excludes halogenated alkanes) is 1. The zero-order valence-corrected chi connectivity index (χ0v) is 13.7. The summed E-state index contributed by atoms with van der Waals surface area (Å²) >= 11 is 3.34. The van der Waals surface area contributed by atoms with Crippen molar-refractivity contribution < 1.29 is 0 Å². The van der Waals surface area contributed by atoms with Crippen molar-refractivity contribution in [3.63, 3.8) is 0 Å². The molecule has 7 heteroatoms. The van der Waals surface area contributed by atoms with E-state index in [-0.39, 0.29) is 5.56 Å². The molecule has 0 fully saturated rings. The molecule has 0 aliphatic heterocycles. The van der Waals surface area contributed by atoms with E-state index in [0.29, 0.717) is 23.2 Å². The fourth-order valence-corrected chi connectivity index (χ4v) is 2.29. The molecule has 0 spiro atoms. The smallest absolute Gasteiger partial charge is 0.283 e. The summed E-state index contributed by atoms with van der Waals surface area (Å²) in [4.78, 5) is 20.5. The number of aromatic nitrogens is 4. The average Bonchev–Trinajstić information content (AvgIpc) is 2.48. The third kappa shape index (κ3) is 4.10. The summed E-state index contributed by atoms with van der Waals surface area (Å²) in [5.41, 5.74) is 1.42. The fraction of sp³-hybridized carbons (Fsp3) is 0.429. The van der Waals surface area contributed by atoms with Crippen LogP contribution in [0.2, 0.25) is 0 Å². The molecular formula is C14H18BrN5O. The molecule has 0 unspecified atom stereocenters. The quantitative estimate of drug-likeness (QED) is 0.865. The van der Waals surface area contributed by atoms with Crippen molar-refractivity contribution >= 4 is 21.6 Å². The van der Waals surface area contributed by atoms with E-state index in [4.69, 9.17) is 0 Å². The Hall–Kier alpha value is -1.76. The second kappa shape index (κ2) is 7.31. The molecule has 2 heterocycles. The van der Waals surface area contributed by atoms with Crippen molar-refractivity contribution in [2.24, 2.45) is 0 Å². The van der Waals surface area contributed by atoms with Crippen molar-refractivity contribution in [2.45, 2.75) is 39.8 Å². The topological polar surface area (TPSA) is 72.7 Å². The molecule has 0 aliphatic carbocycles. The van der Waals surface area contributed by atoms with Crippen molar-refractivity contribution in [3.05, 3.63) is 44.8 Å². The first-order chi connectivity index (χ1) is 10.1. The normalized spacial score (nSPS) is 10.6. The van der Waals surface area contributed by atoms with Gasteiger partial charge < -0.3 is 5.32 Å². The Morgan fingerprint density at radius 3 is 2.95 bits per heavy atom. The van der Waals surface area contributed by atoms with Gasteiger partial charge in [-0.15, -0.1) is 0 Å². The van der Waals surface area contributed by atoms with Gasteiger partial charge in [-0.3, -0.25) is 4.79 Å². The first-order valence-corrected chi connectivity index (χ1v) is 7.69. The first kappa shape index (κ1) is 15.6. The highest BCUT2D eigenvalue weighted by atomic mass is 79.9. The van der Waals surface area contributed by atoms with Crippen LogP contribution in [0.4, 0.5) is 5.69 Å². The van der Waals surface area contributed by atoms with Crippen LogP contribution in [-0.2, 0) is 13.1 Å². The van der Waals surface area contributed by atoms with E-state index in [1.54, 1.807) is 12.4 Å². The van der Waals surface area contributed by atoms with Gasteiger partial charge in [-0.2, -0.15) is 5.10 Å². The van der Waals surface area contributed by atoms with E-state index < -0.39 is 0 Å². The largest absolute Gasteiger partial charge is 0.377 e. The molecule has 0 aliphatic rings. The highest BCUT2D eigenvalue weighted by Crippen LogP contribution is 2.17. The Labute approximate surface area is 131 Å². The van der Waals surface area contributed by atoms with Crippen LogP contribution in [0.3, 0.4) is 0 Å². The Morgan fingerprint density at radius 2 is 2.24 bits per heavy atom. The summed E-state index contributed by atoms with van der Waals surface area (Å²) in [7, 11) is 0. The molecule has 6 nitrogen and oxygen atoms in total. The van der Waals surface area contributed by atoms with Crippen LogP contribution in [0, 0.1) is 6.92 Å². The van der Waals surface area contributed by atoms with Crippen LogP contribution in [0.1, 0.15) is 31.3 Å².